The lowest BCUT2D eigenvalue weighted by Gasteiger charge is -2.09. The van der Waals surface area contributed by atoms with Gasteiger partial charge < -0.3 is 11.1 Å². The zero-order valence-electron chi connectivity index (χ0n) is 8.04. The Kier molecular flexibility index (Phi) is 2.79. The van der Waals surface area contributed by atoms with E-state index < -0.39 is 0 Å². The van der Waals surface area contributed by atoms with Crippen LogP contribution in [0.3, 0.4) is 0 Å². The van der Waals surface area contributed by atoms with Crippen molar-refractivity contribution in [2.24, 2.45) is 5.73 Å². The van der Waals surface area contributed by atoms with Crippen molar-refractivity contribution in [1.82, 2.24) is 5.32 Å². The van der Waals surface area contributed by atoms with Crippen molar-refractivity contribution >= 4 is 0 Å². The van der Waals surface area contributed by atoms with Crippen LogP contribution in [0.1, 0.15) is 12.0 Å². The van der Waals surface area contributed by atoms with Crippen molar-refractivity contribution < 1.29 is 4.39 Å². The first-order valence-electron chi connectivity index (χ1n) is 4.97. The highest BCUT2D eigenvalue weighted by molar-refractivity contribution is 5.17. The normalized spacial score (nSPS) is 26.7. The third kappa shape index (κ3) is 2.30. The van der Waals surface area contributed by atoms with Crippen LogP contribution in [-0.2, 0) is 6.42 Å². The number of hydrogen-bond donors (Lipinski definition) is 2. The Hall–Kier alpha value is -0.930. The fourth-order valence-corrected chi connectivity index (χ4v) is 1.91. The van der Waals surface area contributed by atoms with Crippen molar-refractivity contribution in [2.75, 3.05) is 6.54 Å². The second-order valence-electron chi connectivity index (χ2n) is 3.93. The van der Waals surface area contributed by atoms with Crippen molar-refractivity contribution in [3.8, 4) is 0 Å². The van der Waals surface area contributed by atoms with Gasteiger partial charge in [0.2, 0.25) is 0 Å². The molecule has 0 amide bonds. The van der Waals surface area contributed by atoms with Gasteiger partial charge in [-0.15, -0.1) is 0 Å². The number of hydrogen-bond acceptors (Lipinski definition) is 2. The molecule has 0 radical (unpaired) electrons. The molecule has 1 aliphatic rings. The number of halogens is 1. The van der Waals surface area contributed by atoms with Gasteiger partial charge in [0.25, 0.3) is 0 Å². The lowest BCUT2D eigenvalue weighted by atomic mass is 10.0. The topological polar surface area (TPSA) is 38.0 Å². The predicted octanol–water partition coefficient (Wildman–Crippen LogP) is 1.06. The van der Waals surface area contributed by atoms with Crippen LogP contribution in [0, 0.1) is 5.82 Å². The molecule has 1 unspecified atom stereocenters. The molecular weight excluding hydrogens is 179 g/mol. The van der Waals surface area contributed by atoms with Crippen molar-refractivity contribution in [3.63, 3.8) is 0 Å². The van der Waals surface area contributed by atoms with Gasteiger partial charge in [0.15, 0.2) is 0 Å². The summed E-state index contributed by atoms with van der Waals surface area (Å²) in [5.41, 5.74) is 6.95. The average Bonchev–Trinajstić information content (AvgIpc) is 2.56. The second kappa shape index (κ2) is 4.07. The lowest BCUT2D eigenvalue weighted by molar-refractivity contribution is 0.593. The summed E-state index contributed by atoms with van der Waals surface area (Å²) in [6.45, 7) is 0.895. The lowest BCUT2D eigenvalue weighted by Crippen LogP contribution is -2.24. The zero-order valence-corrected chi connectivity index (χ0v) is 8.04. The minimum atomic E-state index is -0.176. The Morgan fingerprint density at radius 1 is 1.36 bits per heavy atom. The maximum Gasteiger partial charge on any atom is 0.123 e. The molecule has 0 spiro atoms. The van der Waals surface area contributed by atoms with Gasteiger partial charge in [0.1, 0.15) is 5.82 Å². The molecule has 1 fully saturated rings. The van der Waals surface area contributed by atoms with Crippen LogP contribution in [-0.4, -0.2) is 18.6 Å². The number of rotatable bonds is 2. The van der Waals surface area contributed by atoms with E-state index in [1.54, 1.807) is 0 Å². The standard InChI is InChI=1S/C11H15FN2/c12-9-3-1-8(2-4-9)5-11-6-10(13)7-14-11/h1-4,10-11,14H,5-7,13H2/t10-,11?/m0/s1. The van der Waals surface area contributed by atoms with E-state index >= 15 is 0 Å². The van der Waals surface area contributed by atoms with Crippen LogP contribution < -0.4 is 11.1 Å². The van der Waals surface area contributed by atoms with E-state index in [0.29, 0.717) is 6.04 Å². The first kappa shape index (κ1) is 9.62. The van der Waals surface area contributed by atoms with Crippen molar-refractivity contribution in [3.05, 3.63) is 35.6 Å². The number of benzene rings is 1. The van der Waals surface area contributed by atoms with Gasteiger partial charge >= 0.3 is 0 Å². The molecule has 1 heterocycles. The maximum absolute atomic E-state index is 12.6. The Balaban J connectivity index is 1.94. The Morgan fingerprint density at radius 3 is 2.64 bits per heavy atom. The molecule has 14 heavy (non-hydrogen) atoms. The highest BCUT2D eigenvalue weighted by Crippen LogP contribution is 2.12. The molecule has 0 bridgehead atoms. The van der Waals surface area contributed by atoms with E-state index in [1.807, 2.05) is 12.1 Å². The molecule has 1 aromatic carbocycles. The summed E-state index contributed by atoms with van der Waals surface area (Å²) in [6, 6.07) is 7.41. The number of nitrogens with two attached hydrogens (primary N) is 1. The van der Waals surface area contributed by atoms with Crippen LogP contribution in [0.2, 0.25) is 0 Å². The molecule has 2 nitrogen and oxygen atoms in total. The molecule has 0 aliphatic carbocycles. The largest absolute Gasteiger partial charge is 0.326 e. The molecule has 0 saturated carbocycles. The second-order valence-corrected chi connectivity index (χ2v) is 3.93. The third-order valence-electron chi connectivity index (χ3n) is 2.65. The summed E-state index contributed by atoms with van der Waals surface area (Å²) in [7, 11) is 0. The SMILES string of the molecule is N[C@@H]1CNC(Cc2ccc(F)cc2)C1. The van der Waals surface area contributed by atoms with E-state index in [4.69, 9.17) is 5.73 Å². The summed E-state index contributed by atoms with van der Waals surface area (Å²) in [6.07, 6.45) is 1.95. The minimum Gasteiger partial charge on any atom is -0.326 e. The molecule has 1 aliphatic heterocycles. The van der Waals surface area contributed by atoms with Gasteiger partial charge in [0, 0.05) is 18.6 Å². The molecule has 3 heteroatoms. The van der Waals surface area contributed by atoms with E-state index in [-0.39, 0.29) is 11.9 Å². The molecule has 0 aromatic heterocycles. The van der Waals surface area contributed by atoms with E-state index in [1.165, 1.54) is 12.1 Å². The highest BCUT2D eigenvalue weighted by Gasteiger charge is 2.20. The van der Waals surface area contributed by atoms with Crippen molar-refractivity contribution in [1.29, 1.82) is 0 Å². The summed E-state index contributed by atoms with van der Waals surface area (Å²) in [5.74, 6) is -0.176. The molecule has 1 saturated heterocycles. The molecule has 2 atom stereocenters. The first-order chi connectivity index (χ1) is 6.74. The van der Waals surface area contributed by atoms with Gasteiger partial charge in [-0.05, 0) is 30.5 Å². The fourth-order valence-electron chi connectivity index (χ4n) is 1.91. The molecular formula is C11H15FN2. The van der Waals surface area contributed by atoms with Gasteiger partial charge in [-0.1, -0.05) is 12.1 Å². The van der Waals surface area contributed by atoms with Crippen LogP contribution in [0.15, 0.2) is 24.3 Å². The van der Waals surface area contributed by atoms with Gasteiger partial charge in [-0.25, -0.2) is 4.39 Å². The molecule has 3 N–H and O–H groups in total. The van der Waals surface area contributed by atoms with Crippen LogP contribution >= 0.6 is 0 Å². The summed E-state index contributed by atoms with van der Waals surface area (Å²) < 4.78 is 12.6. The van der Waals surface area contributed by atoms with Crippen LogP contribution in [0.25, 0.3) is 0 Å². The quantitative estimate of drug-likeness (QED) is 0.738. The number of nitrogens with one attached hydrogen (secondary N) is 1. The summed E-state index contributed by atoms with van der Waals surface area (Å²) >= 11 is 0. The van der Waals surface area contributed by atoms with Gasteiger partial charge in [-0.2, -0.15) is 0 Å². The predicted molar refractivity (Wildman–Crippen MR) is 54.5 cm³/mol. The molecule has 76 valence electrons. The van der Waals surface area contributed by atoms with Gasteiger partial charge in [-0.3, -0.25) is 0 Å². The fraction of sp³-hybridized carbons (Fsp3) is 0.455. The first-order valence-corrected chi connectivity index (χ1v) is 4.97. The van der Waals surface area contributed by atoms with E-state index in [0.717, 1.165) is 24.9 Å². The molecule has 1 aromatic rings. The monoisotopic (exact) mass is 194 g/mol. The minimum absolute atomic E-state index is 0.176. The Bertz CT molecular complexity index is 297. The van der Waals surface area contributed by atoms with Crippen molar-refractivity contribution in [2.45, 2.75) is 24.9 Å². The summed E-state index contributed by atoms with van der Waals surface area (Å²) in [4.78, 5) is 0. The van der Waals surface area contributed by atoms with Crippen LogP contribution in [0.4, 0.5) is 4.39 Å². The Morgan fingerprint density at radius 2 is 2.07 bits per heavy atom. The van der Waals surface area contributed by atoms with Crippen LogP contribution in [0.5, 0.6) is 0 Å². The Labute approximate surface area is 83.3 Å². The zero-order chi connectivity index (χ0) is 9.97. The average molecular weight is 194 g/mol. The third-order valence-corrected chi connectivity index (χ3v) is 2.65. The smallest absolute Gasteiger partial charge is 0.123 e. The van der Waals surface area contributed by atoms with Gasteiger partial charge in [0.05, 0.1) is 0 Å². The summed E-state index contributed by atoms with van der Waals surface area (Å²) in [5, 5.41) is 3.35. The maximum atomic E-state index is 12.6. The molecule has 2 rings (SSSR count). The van der Waals surface area contributed by atoms with E-state index in [9.17, 15) is 4.39 Å². The highest BCUT2D eigenvalue weighted by atomic mass is 19.1. The van der Waals surface area contributed by atoms with E-state index in [2.05, 4.69) is 5.32 Å².